The van der Waals surface area contributed by atoms with Crippen LogP contribution in [-0.4, -0.2) is 31.1 Å². The molecule has 0 aromatic heterocycles. The van der Waals surface area contributed by atoms with Crippen LogP contribution in [0.2, 0.25) is 0 Å². The molecule has 1 fully saturated rings. The van der Waals surface area contributed by atoms with Gasteiger partial charge >= 0.3 is 6.03 Å². The quantitative estimate of drug-likeness (QED) is 0.768. The van der Waals surface area contributed by atoms with Gasteiger partial charge in [-0.05, 0) is 40.5 Å². The summed E-state index contributed by atoms with van der Waals surface area (Å²) in [6.07, 6.45) is 0. The highest BCUT2D eigenvalue weighted by Crippen LogP contribution is 2.29. The zero-order valence-electron chi connectivity index (χ0n) is 8.83. The number of carbonyl (C=O) groups is 1. The van der Waals surface area contributed by atoms with E-state index in [1.54, 1.807) is 9.80 Å². The Balaban J connectivity index is 2.34. The standard InChI is InChI=1S/C11H13BrN2O/c1-8-3-4-10(9(12)7-8)14-6-5-13(2)11(14)15/h3-4,7H,5-6H2,1-2H3. The zero-order chi connectivity index (χ0) is 11.0. The summed E-state index contributed by atoms with van der Waals surface area (Å²) in [5, 5.41) is 0. The van der Waals surface area contributed by atoms with Gasteiger partial charge in [0.1, 0.15) is 0 Å². The molecule has 0 bridgehead atoms. The van der Waals surface area contributed by atoms with Gasteiger partial charge in [0.15, 0.2) is 0 Å². The predicted molar refractivity (Wildman–Crippen MR) is 64.3 cm³/mol. The minimum absolute atomic E-state index is 0.0690. The molecule has 0 saturated carbocycles. The van der Waals surface area contributed by atoms with Gasteiger partial charge in [-0.15, -0.1) is 0 Å². The monoisotopic (exact) mass is 268 g/mol. The van der Waals surface area contributed by atoms with E-state index in [0.29, 0.717) is 0 Å². The fourth-order valence-electron chi connectivity index (χ4n) is 1.70. The van der Waals surface area contributed by atoms with Crippen LogP contribution in [0.1, 0.15) is 5.56 Å². The Morgan fingerprint density at radius 3 is 2.60 bits per heavy atom. The van der Waals surface area contributed by atoms with Gasteiger partial charge < -0.3 is 4.90 Å². The molecule has 80 valence electrons. The Hall–Kier alpha value is -1.03. The fourth-order valence-corrected chi connectivity index (χ4v) is 2.41. The molecule has 0 atom stereocenters. The molecule has 0 spiro atoms. The zero-order valence-corrected chi connectivity index (χ0v) is 10.4. The Morgan fingerprint density at radius 2 is 2.07 bits per heavy atom. The maximum Gasteiger partial charge on any atom is 0.324 e. The van der Waals surface area contributed by atoms with Crippen LogP contribution < -0.4 is 4.90 Å². The first kappa shape index (κ1) is 10.5. The number of urea groups is 1. The number of benzene rings is 1. The van der Waals surface area contributed by atoms with Gasteiger partial charge in [-0.2, -0.15) is 0 Å². The molecule has 15 heavy (non-hydrogen) atoms. The maximum absolute atomic E-state index is 11.8. The van der Waals surface area contributed by atoms with Crippen molar-refractivity contribution in [1.29, 1.82) is 0 Å². The van der Waals surface area contributed by atoms with Gasteiger partial charge in [-0.1, -0.05) is 6.07 Å². The van der Waals surface area contributed by atoms with Crippen molar-refractivity contribution in [2.45, 2.75) is 6.92 Å². The van der Waals surface area contributed by atoms with E-state index in [-0.39, 0.29) is 6.03 Å². The van der Waals surface area contributed by atoms with E-state index in [0.717, 1.165) is 23.2 Å². The number of hydrogen-bond acceptors (Lipinski definition) is 1. The first-order chi connectivity index (χ1) is 7.09. The second kappa shape index (κ2) is 3.85. The number of amides is 2. The summed E-state index contributed by atoms with van der Waals surface area (Å²) in [7, 11) is 1.82. The topological polar surface area (TPSA) is 23.6 Å². The minimum atomic E-state index is 0.0690. The lowest BCUT2D eigenvalue weighted by molar-refractivity contribution is 0.229. The highest BCUT2D eigenvalue weighted by Gasteiger charge is 2.27. The van der Waals surface area contributed by atoms with Crippen molar-refractivity contribution >= 4 is 27.6 Å². The van der Waals surface area contributed by atoms with Crippen LogP contribution in [0.5, 0.6) is 0 Å². The summed E-state index contributed by atoms with van der Waals surface area (Å²) in [4.78, 5) is 15.3. The van der Waals surface area contributed by atoms with E-state index in [1.165, 1.54) is 5.56 Å². The lowest BCUT2D eigenvalue weighted by atomic mass is 10.2. The van der Waals surface area contributed by atoms with Crippen molar-refractivity contribution in [2.75, 3.05) is 25.0 Å². The molecule has 1 aromatic carbocycles. The summed E-state index contributed by atoms with van der Waals surface area (Å²) in [5.41, 5.74) is 2.14. The van der Waals surface area contributed by atoms with Crippen LogP contribution in [0.15, 0.2) is 22.7 Å². The molecule has 1 aliphatic heterocycles. The van der Waals surface area contributed by atoms with Crippen molar-refractivity contribution in [3.8, 4) is 0 Å². The summed E-state index contributed by atoms with van der Waals surface area (Å²) >= 11 is 3.49. The molecule has 3 nitrogen and oxygen atoms in total. The summed E-state index contributed by atoms with van der Waals surface area (Å²) in [6, 6.07) is 6.10. The van der Waals surface area contributed by atoms with Crippen molar-refractivity contribution in [1.82, 2.24) is 4.90 Å². The third-order valence-corrected chi connectivity index (χ3v) is 3.25. The molecule has 2 amide bonds. The summed E-state index contributed by atoms with van der Waals surface area (Å²) < 4.78 is 0.978. The molecule has 4 heteroatoms. The summed E-state index contributed by atoms with van der Waals surface area (Å²) in [6.45, 7) is 3.59. The first-order valence-corrected chi connectivity index (χ1v) is 5.67. The van der Waals surface area contributed by atoms with E-state index >= 15 is 0 Å². The lowest BCUT2D eigenvalue weighted by Crippen LogP contribution is -2.29. The molecular weight excluding hydrogens is 256 g/mol. The van der Waals surface area contributed by atoms with Crippen LogP contribution in [0, 0.1) is 6.92 Å². The SMILES string of the molecule is Cc1ccc(N2CCN(C)C2=O)c(Br)c1. The third kappa shape index (κ3) is 1.86. The van der Waals surface area contributed by atoms with Crippen molar-refractivity contribution in [3.05, 3.63) is 28.2 Å². The second-order valence-corrected chi connectivity index (χ2v) is 4.66. The smallest absolute Gasteiger partial charge is 0.324 e. The fraction of sp³-hybridized carbons (Fsp3) is 0.364. The van der Waals surface area contributed by atoms with E-state index < -0.39 is 0 Å². The number of nitrogens with zero attached hydrogens (tertiary/aromatic N) is 2. The molecular formula is C11H13BrN2O. The Bertz CT molecular complexity index is 406. The van der Waals surface area contributed by atoms with Crippen LogP contribution in [0.25, 0.3) is 0 Å². The minimum Gasteiger partial charge on any atom is -0.326 e. The van der Waals surface area contributed by atoms with Gasteiger partial charge in [-0.3, -0.25) is 4.90 Å². The Morgan fingerprint density at radius 1 is 1.33 bits per heavy atom. The average Bonchev–Trinajstić information content (AvgIpc) is 2.49. The molecule has 1 heterocycles. The number of carbonyl (C=O) groups excluding carboxylic acids is 1. The van der Waals surface area contributed by atoms with Crippen LogP contribution in [-0.2, 0) is 0 Å². The maximum atomic E-state index is 11.8. The van der Waals surface area contributed by atoms with E-state index in [4.69, 9.17) is 0 Å². The highest BCUT2D eigenvalue weighted by molar-refractivity contribution is 9.10. The van der Waals surface area contributed by atoms with Gasteiger partial charge in [0.05, 0.1) is 5.69 Å². The molecule has 2 rings (SSSR count). The van der Waals surface area contributed by atoms with Crippen LogP contribution in [0.3, 0.4) is 0 Å². The summed E-state index contributed by atoms with van der Waals surface area (Å²) in [5.74, 6) is 0. The first-order valence-electron chi connectivity index (χ1n) is 4.88. The average molecular weight is 269 g/mol. The third-order valence-electron chi connectivity index (χ3n) is 2.61. The normalized spacial score (nSPS) is 16.3. The van der Waals surface area contributed by atoms with Crippen molar-refractivity contribution < 1.29 is 4.79 Å². The Kier molecular flexibility index (Phi) is 2.69. The number of hydrogen-bond donors (Lipinski definition) is 0. The van der Waals surface area contributed by atoms with Crippen LogP contribution >= 0.6 is 15.9 Å². The predicted octanol–water partition coefficient (Wildman–Crippen LogP) is 2.63. The molecule has 0 radical (unpaired) electrons. The number of rotatable bonds is 1. The number of likely N-dealkylation sites (N-methyl/N-ethyl adjacent to an activating group) is 1. The highest BCUT2D eigenvalue weighted by atomic mass is 79.9. The van der Waals surface area contributed by atoms with Gasteiger partial charge in [-0.25, -0.2) is 4.79 Å². The van der Waals surface area contributed by atoms with Gasteiger partial charge in [0, 0.05) is 24.6 Å². The molecule has 1 aliphatic rings. The van der Waals surface area contributed by atoms with Crippen LogP contribution in [0.4, 0.5) is 10.5 Å². The van der Waals surface area contributed by atoms with Crippen molar-refractivity contribution in [3.63, 3.8) is 0 Å². The lowest BCUT2D eigenvalue weighted by Gasteiger charge is -2.17. The number of aryl methyl sites for hydroxylation is 1. The second-order valence-electron chi connectivity index (χ2n) is 3.81. The van der Waals surface area contributed by atoms with Gasteiger partial charge in [0.2, 0.25) is 0 Å². The number of halogens is 1. The van der Waals surface area contributed by atoms with E-state index in [1.807, 2.05) is 32.2 Å². The van der Waals surface area contributed by atoms with Gasteiger partial charge in [0.25, 0.3) is 0 Å². The molecule has 0 N–H and O–H groups in total. The van der Waals surface area contributed by atoms with E-state index in [9.17, 15) is 4.79 Å². The van der Waals surface area contributed by atoms with E-state index in [2.05, 4.69) is 15.9 Å². The molecule has 1 saturated heterocycles. The Labute approximate surface area is 97.8 Å². The largest absolute Gasteiger partial charge is 0.326 e. The molecule has 0 aliphatic carbocycles. The molecule has 0 unspecified atom stereocenters. The molecule has 1 aromatic rings. The number of anilines is 1. The van der Waals surface area contributed by atoms with Crippen molar-refractivity contribution in [2.24, 2.45) is 0 Å².